The second-order valence-corrected chi connectivity index (χ2v) is 4.22. The first-order valence-electron chi connectivity index (χ1n) is 5.45. The molecule has 0 N–H and O–H groups in total. The average molecular weight is 227 g/mol. The zero-order chi connectivity index (χ0) is 12.5. The number of carbonyl (C=O) groups is 2. The first-order chi connectivity index (χ1) is 8.12. The third kappa shape index (κ3) is 1.62. The van der Waals surface area contributed by atoms with Crippen LogP contribution in [0, 0.1) is 17.8 Å². The third-order valence-corrected chi connectivity index (χ3v) is 3.20. The molecule has 3 nitrogen and oxygen atoms in total. The van der Waals surface area contributed by atoms with Gasteiger partial charge in [0.15, 0.2) is 11.2 Å². The van der Waals surface area contributed by atoms with Gasteiger partial charge in [-0.1, -0.05) is 36.3 Å². The molecule has 1 atom stereocenters. The number of terminal acetylenes is 1. The van der Waals surface area contributed by atoms with Crippen LogP contribution in [0.4, 0.5) is 0 Å². The van der Waals surface area contributed by atoms with E-state index >= 15 is 0 Å². The molecule has 1 aromatic rings. The SMILES string of the molecule is C#CC1(C(=O)c2ccccc2)CCN(C)C1=O. The van der Waals surface area contributed by atoms with Gasteiger partial charge in [-0.05, 0) is 6.42 Å². The Morgan fingerprint density at radius 2 is 2.06 bits per heavy atom. The van der Waals surface area contributed by atoms with Crippen LogP contribution in [0.3, 0.4) is 0 Å². The van der Waals surface area contributed by atoms with Gasteiger partial charge >= 0.3 is 0 Å². The van der Waals surface area contributed by atoms with Crippen LogP contribution >= 0.6 is 0 Å². The molecule has 0 bridgehead atoms. The average Bonchev–Trinajstić information content (AvgIpc) is 2.67. The zero-order valence-electron chi connectivity index (χ0n) is 9.64. The maximum atomic E-state index is 12.4. The predicted octanol–water partition coefficient (Wildman–Crippen LogP) is 1.35. The molecule has 0 radical (unpaired) electrons. The summed E-state index contributed by atoms with van der Waals surface area (Å²) < 4.78 is 0. The zero-order valence-corrected chi connectivity index (χ0v) is 9.64. The quantitative estimate of drug-likeness (QED) is 0.434. The minimum absolute atomic E-state index is 0.269. The molecule has 1 heterocycles. The van der Waals surface area contributed by atoms with E-state index in [1.54, 1.807) is 31.3 Å². The van der Waals surface area contributed by atoms with Crippen molar-refractivity contribution in [3.05, 3.63) is 35.9 Å². The van der Waals surface area contributed by atoms with E-state index in [1.165, 1.54) is 4.90 Å². The highest BCUT2D eigenvalue weighted by Crippen LogP contribution is 2.34. The van der Waals surface area contributed by atoms with Gasteiger partial charge in [0, 0.05) is 19.2 Å². The van der Waals surface area contributed by atoms with Crippen molar-refractivity contribution in [2.24, 2.45) is 5.41 Å². The fraction of sp³-hybridized carbons (Fsp3) is 0.286. The van der Waals surface area contributed by atoms with Gasteiger partial charge in [0.2, 0.25) is 5.91 Å². The van der Waals surface area contributed by atoms with E-state index in [0.29, 0.717) is 18.5 Å². The molecule has 3 heteroatoms. The maximum Gasteiger partial charge on any atom is 0.248 e. The smallest absolute Gasteiger partial charge is 0.248 e. The molecule has 2 rings (SSSR count). The summed E-state index contributed by atoms with van der Waals surface area (Å²) in [5, 5.41) is 0. The van der Waals surface area contributed by atoms with Crippen molar-refractivity contribution < 1.29 is 9.59 Å². The van der Waals surface area contributed by atoms with Crippen LogP contribution in [0.15, 0.2) is 30.3 Å². The summed E-state index contributed by atoms with van der Waals surface area (Å²) >= 11 is 0. The number of likely N-dealkylation sites (tertiary alicyclic amines) is 1. The first kappa shape index (κ1) is 11.4. The second kappa shape index (κ2) is 4.06. The molecule has 0 aliphatic carbocycles. The maximum absolute atomic E-state index is 12.4. The number of ketones is 1. The molecule has 0 aromatic heterocycles. The number of benzene rings is 1. The summed E-state index contributed by atoms with van der Waals surface area (Å²) in [6, 6.07) is 8.73. The highest BCUT2D eigenvalue weighted by molar-refractivity contribution is 6.17. The molecule has 1 saturated heterocycles. The van der Waals surface area contributed by atoms with Crippen LogP contribution in [0.25, 0.3) is 0 Å². The second-order valence-electron chi connectivity index (χ2n) is 4.22. The molecular weight excluding hydrogens is 214 g/mol. The van der Waals surface area contributed by atoms with Crippen LogP contribution in [0.2, 0.25) is 0 Å². The Balaban J connectivity index is 2.42. The molecule has 0 saturated carbocycles. The summed E-state index contributed by atoms with van der Waals surface area (Å²) in [6.07, 6.45) is 5.84. The van der Waals surface area contributed by atoms with Gasteiger partial charge in [-0.3, -0.25) is 9.59 Å². The normalized spacial score (nSPS) is 23.5. The largest absolute Gasteiger partial charge is 0.344 e. The minimum Gasteiger partial charge on any atom is -0.344 e. The lowest BCUT2D eigenvalue weighted by atomic mass is 9.79. The molecule has 1 aromatic carbocycles. The van der Waals surface area contributed by atoms with Gasteiger partial charge in [0.25, 0.3) is 0 Å². The van der Waals surface area contributed by atoms with E-state index in [4.69, 9.17) is 6.42 Å². The van der Waals surface area contributed by atoms with E-state index < -0.39 is 5.41 Å². The number of hydrogen-bond donors (Lipinski definition) is 0. The van der Waals surface area contributed by atoms with Gasteiger partial charge in [-0.25, -0.2) is 0 Å². The van der Waals surface area contributed by atoms with Crippen molar-refractivity contribution in [3.8, 4) is 12.3 Å². The summed E-state index contributed by atoms with van der Waals surface area (Å²) in [7, 11) is 1.67. The highest BCUT2D eigenvalue weighted by atomic mass is 16.2. The van der Waals surface area contributed by atoms with Gasteiger partial charge in [0.1, 0.15) is 0 Å². The molecule has 1 fully saturated rings. The van der Waals surface area contributed by atoms with E-state index in [0.717, 1.165) is 0 Å². The van der Waals surface area contributed by atoms with E-state index in [-0.39, 0.29) is 11.7 Å². The van der Waals surface area contributed by atoms with Gasteiger partial charge < -0.3 is 4.90 Å². The number of amides is 1. The first-order valence-corrected chi connectivity index (χ1v) is 5.45. The number of Topliss-reactive ketones (excluding diaryl/α,β-unsaturated/α-hetero) is 1. The molecule has 1 amide bonds. The summed E-state index contributed by atoms with van der Waals surface area (Å²) in [4.78, 5) is 25.9. The van der Waals surface area contributed by atoms with E-state index in [9.17, 15) is 9.59 Å². The lowest BCUT2D eigenvalue weighted by Gasteiger charge is -2.19. The Labute approximate surface area is 100 Å². The topological polar surface area (TPSA) is 37.4 Å². The highest BCUT2D eigenvalue weighted by Gasteiger charge is 2.50. The Morgan fingerprint density at radius 1 is 1.41 bits per heavy atom. The Hall–Kier alpha value is -2.08. The van der Waals surface area contributed by atoms with Crippen molar-refractivity contribution in [1.82, 2.24) is 4.90 Å². The van der Waals surface area contributed by atoms with Gasteiger partial charge in [0.05, 0.1) is 0 Å². The van der Waals surface area contributed by atoms with Crippen molar-refractivity contribution >= 4 is 11.7 Å². The molecule has 17 heavy (non-hydrogen) atoms. The number of hydrogen-bond acceptors (Lipinski definition) is 2. The van der Waals surface area contributed by atoms with Crippen LogP contribution in [-0.2, 0) is 4.79 Å². The number of rotatable bonds is 2. The molecule has 1 unspecified atom stereocenters. The standard InChI is InChI=1S/C14H13NO2/c1-3-14(9-10-15(2)13(14)17)12(16)11-7-5-4-6-8-11/h1,4-8H,9-10H2,2H3. The number of carbonyl (C=O) groups excluding carboxylic acids is 2. The predicted molar refractivity (Wildman–Crippen MR) is 64.3 cm³/mol. The Kier molecular flexibility index (Phi) is 2.72. The van der Waals surface area contributed by atoms with Crippen molar-refractivity contribution in [3.63, 3.8) is 0 Å². The lowest BCUT2D eigenvalue weighted by Crippen LogP contribution is -2.38. The van der Waals surface area contributed by atoms with Gasteiger partial charge in [-0.15, -0.1) is 6.42 Å². The van der Waals surface area contributed by atoms with Crippen LogP contribution in [0.5, 0.6) is 0 Å². The molecular formula is C14H13NO2. The van der Waals surface area contributed by atoms with Crippen LogP contribution in [0.1, 0.15) is 16.8 Å². The Morgan fingerprint density at radius 3 is 2.53 bits per heavy atom. The molecule has 1 aliphatic rings. The lowest BCUT2D eigenvalue weighted by molar-refractivity contribution is -0.130. The fourth-order valence-electron chi connectivity index (χ4n) is 2.12. The fourth-order valence-corrected chi connectivity index (χ4v) is 2.12. The third-order valence-electron chi connectivity index (χ3n) is 3.20. The van der Waals surface area contributed by atoms with Crippen LogP contribution in [-0.4, -0.2) is 30.2 Å². The molecule has 1 aliphatic heterocycles. The van der Waals surface area contributed by atoms with Gasteiger partial charge in [-0.2, -0.15) is 0 Å². The minimum atomic E-state index is -1.30. The van der Waals surface area contributed by atoms with Crippen molar-refractivity contribution in [2.45, 2.75) is 6.42 Å². The summed E-state index contributed by atoms with van der Waals surface area (Å²) in [5.41, 5.74) is -0.801. The van der Waals surface area contributed by atoms with E-state index in [1.807, 2.05) is 6.07 Å². The molecule has 0 spiro atoms. The van der Waals surface area contributed by atoms with Crippen molar-refractivity contribution in [1.29, 1.82) is 0 Å². The Bertz CT molecular complexity index is 501. The van der Waals surface area contributed by atoms with Crippen LogP contribution < -0.4 is 0 Å². The van der Waals surface area contributed by atoms with E-state index in [2.05, 4.69) is 5.92 Å². The monoisotopic (exact) mass is 227 g/mol. The number of nitrogens with zero attached hydrogens (tertiary/aromatic N) is 1. The molecule has 86 valence electrons. The summed E-state index contributed by atoms with van der Waals surface area (Å²) in [5.74, 6) is 1.88. The summed E-state index contributed by atoms with van der Waals surface area (Å²) in [6.45, 7) is 0.529. The van der Waals surface area contributed by atoms with Crippen molar-refractivity contribution in [2.75, 3.05) is 13.6 Å².